The van der Waals surface area contributed by atoms with Crippen molar-refractivity contribution >= 4 is 0 Å². The predicted octanol–water partition coefficient (Wildman–Crippen LogP) is 1.24. The number of pyridine rings is 1. The Morgan fingerprint density at radius 3 is 2.62 bits per heavy atom. The minimum Gasteiger partial charge on any atom is -0.497 e. The van der Waals surface area contributed by atoms with E-state index in [1.165, 1.54) is 12.3 Å². The van der Waals surface area contributed by atoms with Crippen molar-refractivity contribution in [1.82, 2.24) is 4.68 Å². The second-order valence-corrected chi connectivity index (χ2v) is 3.39. The van der Waals surface area contributed by atoms with Crippen LogP contribution >= 0.6 is 0 Å². The minimum atomic E-state index is -0.236. The highest BCUT2D eigenvalue weighted by Crippen LogP contribution is 2.22. The summed E-state index contributed by atoms with van der Waals surface area (Å²) in [5, 5.41) is 0. The highest BCUT2D eigenvalue weighted by molar-refractivity contribution is 5.64. The first-order valence-electron chi connectivity index (χ1n) is 4.83. The molecule has 0 saturated carbocycles. The number of rotatable bonds is 2. The number of aromatic nitrogens is 1. The highest BCUT2D eigenvalue weighted by atomic mass is 16.5. The summed E-state index contributed by atoms with van der Waals surface area (Å²) >= 11 is 0. The quantitative estimate of drug-likeness (QED) is 0.768. The van der Waals surface area contributed by atoms with Crippen molar-refractivity contribution in [3.63, 3.8) is 0 Å². The number of hydrogen-bond acceptors (Lipinski definition) is 3. The molecular formula is C12H12N2O2. The van der Waals surface area contributed by atoms with Gasteiger partial charge in [0.15, 0.2) is 0 Å². The van der Waals surface area contributed by atoms with Gasteiger partial charge in [-0.1, -0.05) is 12.1 Å². The molecule has 0 amide bonds. The Bertz CT molecular complexity index is 561. The van der Waals surface area contributed by atoms with E-state index in [9.17, 15) is 4.79 Å². The molecule has 2 N–H and O–H groups in total. The maximum Gasteiger partial charge on any atom is 0.269 e. The smallest absolute Gasteiger partial charge is 0.269 e. The van der Waals surface area contributed by atoms with Gasteiger partial charge in [-0.2, -0.15) is 0 Å². The zero-order valence-electron chi connectivity index (χ0n) is 8.88. The van der Waals surface area contributed by atoms with Crippen LogP contribution in [0.2, 0.25) is 0 Å². The zero-order chi connectivity index (χ0) is 11.5. The molecule has 0 bridgehead atoms. The molecule has 0 aliphatic carbocycles. The second-order valence-electron chi connectivity index (χ2n) is 3.39. The topological polar surface area (TPSA) is 57.2 Å². The fraction of sp³-hybridized carbons (Fsp3) is 0.0833. The first-order valence-corrected chi connectivity index (χ1v) is 4.83. The second kappa shape index (κ2) is 4.10. The predicted molar refractivity (Wildman–Crippen MR) is 62.8 cm³/mol. The summed E-state index contributed by atoms with van der Waals surface area (Å²) in [5.41, 5.74) is 1.52. The summed E-state index contributed by atoms with van der Waals surface area (Å²) in [7, 11) is 1.61. The number of hydrogen-bond donors (Lipinski definition) is 1. The molecular weight excluding hydrogens is 204 g/mol. The molecule has 16 heavy (non-hydrogen) atoms. The molecule has 1 heterocycles. The fourth-order valence-corrected chi connectivity index (χ4v) is 1.47. The third kappa shape index (κ3) is 1.91. The molecule has 4 heteroatoms. The van der Waals surface area contributed by atoms with Crippen molar-refractivity contribution in [2.45, 2.75) is 0 Å². The van der Waals surface area contributed by atoms with E-state index in [0.717, 1.165) is 21.6 Å². The number of nitrogen functional groups attached to an aromatic ring is 1. The largest absolute Gasteiger partial charge is 0.497 e. The van der Waals surface area contributed by atoms with E-state index >= 15 is 0 Å². The van der Waals surface area contributed by atoms with Crippen LogP contribution in [0, 0.1) is 0 Å². The molecule has 0 unspecified atom stereocenters. The van der Waals surface area contributed by atoms with Crippen LogP contribution in [0.25, 0.3) is 11.1 Å². The Hall–Kier alpha value is -2.23. The monoisotopic (exact) mass is 216 g/mol. The molecule has 4 nitrogen and oxygen atoms in total. The van der Waals surface area contributed by atoms with Crippen LogP contribution in [0.15, 0.2) is 47.4 Å². The number of methoxy groups -OCH3 is 1. The first-order chi connectivity index (χ1) is 7.70. The van der Waals surface area contributed by atoms with Gasteiger partial charge in [0.25, 0.3) is 5.56 Å². The molecule has 2 rings (SSSR count). The molecule has 0 aliphatic heterocycles. The van der Waals surface area contributed by atoms with Crippen molar-refractivity contribution in [2.75, 3.05) is 13.0 Å². The van der Waals surface area contributed by atoms with Gasteiger partial charge >= 0.3 is 0 Å². The third-order valence-corrected chi connectivity index (χ3v) is 2.35. The van der Waals surface area contributed by atoms with Gasteiger partial charge < -0.3 is 10.6 Å². The van der Waals surface area contributed by atoms with Gasteiger partial charge in [-0.05, 0) is 29.3 Å². The molecule has 0 atom stereocenters. The van der Waals surface area contributed by atoms with Crippen LogP contribution in [-0.4, -0.2) is 11.8 Å². The average molecular weight is 216 g/mol. The maximum atomic E-state index is 11.4. The van der Waals surface area contributed by atoms with Gasteiger partial charge in [-0.3, -0.25) is 4.79 Å². The molecule has 82 valence electrons. The van der Waals surface area contributed by atoms with E-state index in [1.54, 1.807) is 13.2 Å². The molecule has 0 aliphatic rings. The lowest BCUT2D eigenvalue weighted by Gasteiger charge is -2.05. The van der Waals surface area contributed by atoms with Crippen molar-refractivity contribution < 1.29 is 4.74 Å². The Morgan fingerprint density at radius 2 is 1.94 bits per heavy atom. The summed E-state index contributed by atoms with van der Waals surface area (Å²) in [6.07, 6.45) is 1.54. The van der Waals surface area contributed by atoms with Gasteiger partial charge in [0, 0.05) is 12.3 Å². The van der Waals surface area contributed by atoms with Crippen molar-refractivity contribution in [1.29, 1.82) is 0 Å². The summed E-state index contributed by atoms with van der Waals surface area (Å²) < 4.78 is 6.17. The fourth-order valence-electron chi connectivity index (χ4n) is 1.47. The highest BCUT2D eigenvalue weighted by Gasteiger charge is 2.01. The van der Waals surface area contributed by atoms with Gasteiger partial charge in [-0.15, -0.1) is 0 Å². The molecule has 0 spiro atoms. The van der Waals surface area contributed by atoms with Gasteiger partial charge in [0.1, 0.15) is 5.75 Å². The molecule has 0 radical (unpaired) electrons. The number of ether oxygens (including phenoxy) is 1. The molecule has 0 fully saturated rings. The van der Waals surface area contributed by atoms with E-state index in [1.807, 2.05) is 24.3 Å². The summed E-state index contributed by atoms with van der Waals surface area (Å²) in [6, 6.07) is 10.8. The van der Waals surface area contributed by atoms with E-state index in [2.05, 4.69) is 0 Å². The Balaban J connectivity index is 2.50. The third-order valence-electron chi connectivity index (χ3n) is 2.35. The summed E-state index contributed by atoms with van der Waals surface area (Å²) in [4.78, 5) is 11.4. The van der Waals surface area contributed by atoms with Gasteiger partial charge in [-0.25, -0.2) is 4.68 Å². The number of nitrogens with two attached hydrogens (primary N) is 1. The molecule has 1 aromatic heterocycles. The van der Waals surface area contributed by atoms with Crippen LogP contribution < -0.4 is 16.1 Å². The van der Waals surface area contributed by atoms with Crippen LogP contribution in [0.5, 0.6) is 5.75 Å². The average Bonchev–Trinajstić information content (AvgIpc) is 2.33. The van der Waals surface area contributed by atoms with Gasteiger partial charge in [0.2, 0.25) is 0 Å². The SMILES string of the molecule is COc1cccc(-c2ccn(N)c(=O)c2)c1. The normalized spacial score (nSPS) is 10.1. The van der Waals surface area contributed by atoms with Crippen LogP contribution in [0.3, 0.4) is 0 Å². The Kier molecular flexibility index (Phi) is 2.64. The van der Waals surface area contributed by atoms with Crippen LogP contribution in [0.1, 0.15) is 0 Å². The van der Waals surface area contributed by atoms with Crippen LogP contribution in [-0.2, 0) is 0 Å². The summed E-state index contributed by atoms with van der Waals surface area (Å²) in [6.45, 7) is 0. The van der Waals surface area contributed by atoms with Crippen molar-refractivity contribution in [2.24, 2.45) is 0 Å². The standard InChI is InChI=1S/C12H12N2O2/c1-16-11-4-2-3-9(7-11)10-5-6-14(13)12(15)8-10/h2-8H,13H2,1H3. The molecule has 2 aromatic rings. The zero-order valence-corrected chi connectivity index (χ0v) is 8.88. The number of benzene rings is 1. The minimum absolute atomic E-state index is 0.236. The molecule has 1 aromatic carbocycles. The lowest BCUT2D eigenvalue weighted by atomic mass is 10.1. The molecule has 0 saturated heterocycles. The summed E-state index contributed by atoms with van der Waals surface area (Å²) in [5.74, 6) is 6.16. The van der Waals surface area contributed by atoms with E-state index in [-0.39, 0.29) is 5.56 Å². The van der Waals surface area contributed by atoms with Crippen molar-refractivity contribution in [3.05, 3.63) is 52.9 Å². The first kappa shape index (κ1) is 10.3. The van der Waals surface area contributed by atoms with Crippen molar-refractivity contribution in [3.8, 4) is 16.9 Å². The Morgan fingerprint density at radius 1 is 1.19 bits per heavy atom. The van der Waals surface area contributed by atoms with E-state index in [4.69, 9.17) is 10.6 Å². The maximum absolute atomic E-state index is 11.4. The van der Waals surface area contributed by atoms with Gasteiger partial charge in [0.05, 0.1) is 7.11 Å². The van der Waals surface area contributed by atoms with E-state index < -0.39 is 0 Å². The van der Waals surface area contributed by atoms with E-state index in [0.29, 0.717) is 0 Å². The number of nitrogens with zero attached hydrogens (tertiary/aromatic N) is 1. The lowest BCUT2D eigenvalue weighted by Crippen LogP contribution is -2.25. The lowest BCUT2D eigenvalue weighted by molar-refractivity contribution is 0.415. The Labute approximate surface area is 92.9 Å². The van der Waals surface area contributed by atoms with Crippen LogP contribution in [0.4, 0.5) is 0 Å².